The van der Waals surface area contributed by atoms with Crippen molar-refractivity contribution in [1.82, 2.24) is 4.98 Å². The normalized spacial score (nSPS) is 14.8. The number of aromatic nitrogens is 1. The van der Waals surface area contributed by atoms with Crippen molar-refractivity contribution in [2.75, 3.05) is 17.2 Å². The van der Waals surface area contributed by atoms with Crippen LogP contribution in [0.15, 0.2) is 42.6 Å². The predicted octanol–water partition coefficient (Wildman–Crippen LogP) is 4.65. The summed E-state index contributed by atoms with van der Waals surface area (Å²) in [7, 11) is 0. The molecule has 1 aromatic carbocycles. The summed E-state index contributed by atoms with van der Waals surface area (Å²) in [6, 6.07) is 10.7. The quantitative estimate of drug-likeness (QED) is 0.562. The molecule has 28 heavy (non-hydrogen) atoms. The summed E-state index contributed by atoms with van der Waals surface area (Å²) in [6.45, 7) is 2.09. The van der Waals surface area contributed by atoms with Crippen LogP contribution in [-0.2, 0) is 4.74 Å². The molecule has 148 valence electrons. The van der Waals surface area contributed by atoms with Crippen LogP contribution in [0, 0.1) is 0 Å². The Hall–Kier alpha value is -2.89. The Morgan fingerprint density at radius 3 is 2.29 bits per heavy atom. The number of amides is 1. The van der Waals surface area contributed by atoms with E-state index in [9.17, 15) is 9.59 Å². The third-order valence-electron chi connectivity index (χ3n) is 4.89. The molecule has 0 bridgehead atoms. The predicted molar refractivity (Wildman–Crippen MR) is 110 cm³/mol. The van der Waals surface area contributed by atoms with Gasteiger partial charge in [0.05, 0.1) is 17.7 Å². The molecule has 0 saturated heterocycles. The van der Waals surface area contributed by atoms with Gasteiger partial charge in [-0.25, -0.2) is 9.78 Å². The van der Waals surface area contributed by atoms with E-state index in [0.717, 1.165) is 5.82 Å². The minimum Gasteiger partial charge on any atom is -0.462 e. The average Bonchev–Trinajstić information content (AvgIpc) is 2.98. The fraction of sp³-hybridized carbons (Fsp3) is 0.409. The Balaban J connectivity index is 1.56. The fourth-order valence-electron chi connectivity index (χ4n) is 3.35. The molecule has 0 atom stereocenters. The first-order valence-corrected chi connectivity index (χ1v) is 9.97. The number of esters is 1. The summed E-state index contributed by atoms with van der Waals surface area (Å²) >= 11 is 0. The van der Waals surface area contributed by atoms with Crippen molar-refractivity contribution in [3.63, 3.8) is 0 Å². The molecule has 6 nitrogen and oxygen atoms in total. The first-order valence-electron chi connectivity index (χ1n) is 9.97. The van der Waals surface area contributed by atoms with E-state index in [1.165, 1.54) is 38.5 Å². The minimum absolute atomic E-state index is 0.239. The van der Waals surface area contributed by atoms with Crippen molar-refractivity contribution in [2.45, 2.75) is 51.5 Å². The molecule has 1 aromatic heterocycles. The summed E-state index contributed by atoms with van der Waals surface area (Å²) in [6.07, 6.45) is 9.07. The van der Waals surface area contributed by atoms with E-state index < -0.39 is 0 Å². The molecule has 0 aliphatic heterocycles. The molecule has 1 saturated carbocycles. The summed E-state index contributed by atoms with van der Waals surface area (Å²) in [4.78, 5) is 28.5. The maximum absolute atomic E-state index is 12.4. The molecule has 1 amide bonds. The molecule has 3 rings (SSSR count). The third kappa shape index (κ3) is 5.55. The first-order chi connectivity index (χ1) is 13.7. The van der Waals surface area contributed by atoms with Gasteiger partial charge in [-0.3, -0.25) is 4.79 Å². The van der Waals surface area contributed by atoms with Gasteiger partial charge in [0.2, 0.25) is 0 Å². The number of rotatable bonds is 6. The van der Waals surface area contributed by atoms with Crippen molar-refractivity contribution >= 4 is 23.4 Å². The Morgan fingerprint density at radius 1 is 1.00 bits per heavy atom. The lowest BCUT2D eigenvalue weighted by atomic mass is 10.1. The molecule has 2 N–H and O–H groups in total. The van der Waals surface area contributed by atoms with Crippen LogP contribution in [0.25, 0.3) is 0 Å². The Morgan fingerprint density at radius 2 is 1.68 bits per heavy atom. The van der Waals surface area contributed by atoms with Gasteiger partial charge in [-0.1, -0.05) is 25.7 Å². The number of anilines is 2. The lowest BCUT2D eigenvalue weighted by Crippen LogP contribution is -2.19. The van der Waals surface area contributed by atoms with Gasteiger partial charge in [0, 0.05) is 17.9 Å². The zero-order chi connectivity index (χ0) is 19.8. The summed E-state index contributed by atoms with van der Waals surface area (Å²) in [5.41, 5.74) is 1.55. The largest absolute Gasteiger partial charge is 0.462 e. The number of carbonyl (C=O) groups excluding carboxylic acids is 2. The summed E-state index contributed by atoms with van der Waals surface area (Å²) in [5, 5.41) is 6.29. The number of carbonyl (C=O) groups is 2. The van der Waals surface area contributed by atoms with Crippen molar-refractivity contribution in [2.24, 2.45) is 0 Å². The van der Waals surface area contributed by atoms with Crippen molar-refractivity contribution in [1.29, 1.82) is 0 Å². The standard InChI is InChI=1S/C22H27N3O3/c1-2-28-22(27)16-9-12-19(13-10-16)25-21(26)17-11-14-20(23-15-17)24-18-7-5-3-4-6-8-18/h9-15,18H,2-8H2,1H3,(H,23,24)(H,25,26). The molecule has 6 heteroatoms. The van der Waals surface area contributed by atoms with Crippen molar-refractivity contribution < 1.29 is 14.3 Å². The third-order valence-corrected chi connectivity index (χ3v) is 4.89. The van der Waals surface area contributed by atoms with Gasteiger partial charge in [-0.2, -0.15) is 0 Å². The van der Waals surface area contributed by atoms with E-state index in [1.54, 1.807) is 43.5 Å². The maximum atomic E-state index is 12.4. The molecule has 0 unspecified atom stereocenters. The molecule has 0 spiro atoms. The lowest BCUT2D eigenvalue weighted by molar-refractivity contribution is 0.0526. The van der Waals surface area contributed by atoms with Crippen LogP contribution in [0.1, 0.15) is 66.2 Å². The number of nitrogens with one attached hydrogen (secondary N) is 2. The number of pyridine rings is 1. The monoisotopic (exact) mass is 381 g/mol. The zero-order valence-corrected chi connectivity index (χ0v) is 16.2. The first kappa shape index (κ1) is 19.9. The van der Waals surface area contributed by atoms with Gasteiger partial charge < -0.3 is 15.4 Å². The summed E-state index contributed by atoms with van der Waals surface area (Å²) < 4.78 is 4.95. The molecular formula is C22H27N3O3. The van der Waals surface area contributed by atoms with Gasteiger partial charge in [0.25, 0.3) is 5.91 Å². The van der Waals surface area contributed by atoms with Crippen LogP contribution in [0.3, 0.4) is 0 Å². The lowest BCUT2D eigenvalue weighted by Gasteiger charge is -2.16. The maximum Gasteiger partial charge on any atom is 0.338 e. The highest BCUT2D eigenvalue weighted by Gasteiger charge is 2.13. The van der Waals surface area contributed by atoms with Gasteiger partial charge >= 0.3 is 5.97 Å². The van der Waals surface area contributed by atoms with E-state index in [4.69, 9.17) is 4.74 Å². The van der Waals surface area contributed by atoms with Crippen molar-refractivity contribution in [3.05, 3.63) is 53.7 Å². The van der Waals surface area contributed by atoms with E-state index >= 15 is 0 Å². The molecule has 1 heterocycles. The van der Waals surface area contributed by atoms with E-state index in [2.05, 4.69) is 15.6 Å². The Bertz CT molecular complexity index is 780. The second kappa shape index (κ2) is 9.88. The molecule has 1 aliphatic rings. The average molecular weight is 381 g/mol. The summed E-state index contributed by atoms with van der Waals surface area (Å²) in [5.74, 6) is 0.195. The molecule has 1 fully saturated rings. The smallest absolute Gasteiger partial charge is 0.338 e. The van der Waals surface area contributed by atoms with Gasteiger partial charge in [-0.05, 0) is 56.2 Å². The van der Waals surface area contributed by atoms with Crippen LogP contribution >= 0.6 is 0 Å². The van der Waals surface area contributed by atoms with Crippen LogP contribution in [0.2, 0.25) is 0 Å². The van der Waals surface area contributed by atoms with Gasteiger partial charge in [-0.15, -0.1) is 0 Å². The molecule has 2 aromatic rings. The van der Waals surface area contributed by atoms with Crippen molar-refractivity contribution in [3.8, 4) is 0 Å². The number of benzene rings is 1. The van der Waals surface area contributed by atoms with E-state index in [0.29, 0.717) is 29.5 Å². The number of hydrogen-bond acceptors (Lipinski definition) is 5. The SMILES string of the molecule is CCOC(=O)c1ccc(NC(=O)c2ccc(NC3CCCCCC3)nc2)cc1. The molecular weight excluding hydrogens is 354 g/mol. The van der Waals surface area contributed by atoms with Crippen LogP contribution in [0.4, 0.5) is 11.5 Å². The highest BCUT2D eigenvalue weighted by molar-refractivity contribution is 6.04. The highest BCUT2D eigenvalue weighted by atomic mass is 16.5. The molecule has 0 radical (unpaired) electrons. The minimum atomic E-state index is -0.374. The zero-order valence-electron chi connectivity index (χ0n) is 16.2. The Kier molecular flexibility index (Phi) is 7.00. The molecule has 1 aliphatic carbocycles. The number of hydrogen-bond donors (Lipinski definition) is 2. The second-order valence-electron chi connectivity index (χ2n) is 7.02. The highest BCUT2D eigenvalue weighted by Crippen LogP contribution is 2.20. The van der Waals surface area contributed by atoms with Crippen LogP contribution in [-0.4, -0.2) is 29.5 Å². The van der Waals surface area contributed by atoms with Gasteiger partial charge in [0.15, 0.2) is 0 Å². The van der Waals surface area contributed by atoms with Gasteiger partial charge in [0.1, 0.15) is 5.82 Å². The second-order valence-corrected chi connectivity index (χ2v) is 7.02. The number of nitrogens with zero attached hydrogens (tertiary/aromatic N) is 1. The van der Waals surface area contributed by atoms with Crippen LogP contribution < -0.4 is 10.6 Å². The number of ether oxygens (including phenoxy) is 1. The van der Waals surface area contributed by atoms with E-state index in [-0.39, 0.29) is 11.9 Å². The fourth-order valence-corrected chi connectivity index (χ4v) is 3.35. The topological polar surface area (TPSA) is 80.3 Å². The Labute approximate surface area is 165 Å². The van der Waals surface area contributed by atoms with E-state index in [1.807, 2.05) is 6.07 Å². The van der Waals surface area contributed by atoms with Crippen LogP contribution in [0.5, 0.6) is 0 Å².